The van der Waals surface area contributed by atoms with Crippen molar-refractivity contribution in [2.24, 2.45) is 23.7 Å². The van der Waals surface area contributed by atoms with Gasteiger partial charge in [0.15, 0.2) is 11.9 Å². The van der Waals surface area contributed by atoms with E-state index in [1.807, 2.05) is 6.92 Å². The van der Waals surface area contributed by atoms with Gasteiger partial charge in [-0.05, 0) is 80.9 Å². The molecular weight excluding hydrogens is 409 g/mol. The highest BCUT2D eigenvalue weighted by Crippen LogP contribution is 2.60. The molecule has 0 unspecified atom stereocenters. The number of ether oxygens (including phenoxy) is 2. The molecule has 1 aromatic carbocycles. The van der Waals surface area contributed by atoms with Crippen molar-refractivity contribution < 1.29 is 32.4 Å². The largest absolute Gasteiger partial charge is 0.416 e. The highest BCUT2D eigenvalue weighted by molar-refractivity contribution is 5.24. The van der Waals surface area contributed by atoms with Crippen LogP contribution in [0.5, 0.6) is 0 Å². The van der Waals surface area contributed by atoms with Crippen molar-refractivity contribution in [3.05, 3.63) is 35.4 Å². The number of alkyl halides is 3. The average Bonchev–Trinajstić information content (AvgIpc) is 2.96. The predicted molar refractivity (Wildman–Crippen MR) is 107 cm³/mol. The Balaban J connectivity index is 1.28. The fourth-order valence-electron chi connectivity index (χ4n) is 6.44. The molecule has 5 aliphatic rings. The van der Waals surface area contributed by atoms with Crippen LogP contribution in [0.2, 0.25) is 0 Å². The fourth-order valence-corrected chi connectivity index (χ4v) is 6.44. The molecule has 0 radical (unpaired) electrons. The maximum Gasteiger partial charge on any atom is 0.416 e. The topological polar surface area (TPSA) is 36.9 Å². The first-order valence-electron chi connectivity index (χ1n) is 11.5. The maximum atomic E-state index is 12.8. The van der Waals surface area contributed by atoms with E-state index in [2.05, 4.69) is 6.92 Å². The van der Waals surface area contributed by atoms with Crippen molar-refractivity contribution in [2.45, 2.75) is 82.6 Å². The highest BCUT2D eigenvalue weighted by atomic mass is 19.4. The molecule has 1 saturated carbocycles. The van der Waals surface area contributed by atoms with Crippen LogP contribution in [-0.2, 0) is 31.8 Å². The summed E-state index contributed by atoms with van der Waals surface area (Å²) in [5, 5.41) is 0. The Hall–Kier alpha value is -1.15. The molecule has 172 valence electrons. The molecule has 7 atom stereocenters. The summed E-state index contributed by atoms with van der Waals surface area (Å²) in [4.78, 5) is 12.0. The molecule has 31 heavy (non-hydrogen) atoms. The first kappa shape index (κ1) is 21.7. The normalized spacial score (nSPS) is 42.2. The van der Waals surface area contributed by atoms with Gasteiger partial charge in [0.05, 0.1) is 12.2 Å². The van der Waals surface area contributed by atoms with Gasteiger partial charge in [-0.1, -0.05) is 19.1 Å². The first-order chi connectivity index (χ1) is 14.7. The van der Waals surface area contributed by atoms with Crippen LogP contribution < -0.4 is 0 Å². The van der Waals surface area contributed by atoms with Crippen molar-refractivity contribution in [1.82, 2.24) is 0 Å². The summed E-state index contributed by atoms with van der Waals surface area (Å²) in [6.45, 7) is 4.85. The average molecular weight is 441 g/mol. The Kier molecular flexibility index (Phi) is 5.40. The Morgan fingerprint density at radius 1 is 1.03 bits per heavy atom. The molecule has 2 bridgehead atoms. The van der Waals surface area contributed by atoms with Crippen molar-refractivity contribution in [3.8, 4) is 0 Å². The van der Waals surface area contributed by atoms with Crippen molar-refractivity contribution in [2.75, 3.05) is 6.61 Å². The van der Waals surface area contributed by atoms with Crippen LogP contribution in [0.1, 0.15) is 63.5 Å². The lowest BCUT2D eigenvalue weighted by Crippen LogP contribution is -2.69. The smallest absolute Gasteiger partial charge is 0.349 e. The zero-order valence-corrected chi connectivity index (χ0v) is 18.1. The zero-order chi connectivity index (χ0) is 21.9. The van der Waals surface area contributed by atoms with E-state index in [0.717, 1.165) is 44.1 Å². The van der Waals surface area contributed by atoms with E-state index in [4.69, 9.17) is 19.2 Å². The van der Waals surface area contributed by atoms with Crippen molar-refractivity contribution >= 4 is 0 Å². The number of rotatable bonds is 4. The molecule has 4 nitrogen and oxygen atoms in total. The van der Waals surface area contributed by atoms with Crippen LogP contribution >= 0.6 is 0 Å². The van der Waals surface area contributed by atoms with Crippen LogP contribution in [0.3, 0.4) is 0 Å². The minimum Gasteiger partial charge on any atom is -0.349 e. The minimum absolute atomic E-state index is 0.308. The monoisotopic (exact) mass is 440 g/mol. The van der Waals surface area contributed by atoms with E-state index >= 15 is 0 Å². The maximum absolute atomic E-state index is 12.8. The van der Waals surface area contributed by atoms with Gasteiger partial charge < -0.3 is 9.47 Å². The summed E-state index contributed by atoms with van der Waals surface area (Å²) in [7, 11) is 0. The van der Waals surface area contributed by atoms with Crippen molar-refractivity contribution in [1.29, 1.82) is 0 Å². The molecule has 0 N–H and O–H groups in total. The van der Waals surface area contributed by atoms with Gasteiger partial charge in [0.25, 0.3) is 0 Å². The molecule has 7 heteroatoms. The van der Waals surface area contributed by atoms with E-state index in [-0.39, 0.29) is 0 Å². The van der Waals surface area contributed by atoms with Gasteiger partial charge in [0, 0.05) is 12.3 Å². The lowest BCUT2D eigenvalue weighted by atomic mass is 9.57. The number of halogens is 3. The molecule has 1 aliphatic carbocycles. The molecule has 4 heterocycles. The summed E-state index contributed by atoms with van der Waals surface area (Å²) in [6.07, 6.45) is 1.95. The summed E-state index contributed by atoms with van der Waals surface area (Å²) in [5.41, 5.74) is -0.216. The number of aryl methyl sites for hydroxylation is 1. The highest BCUT2D eigenvalue weighted by Gasteiger charge is 2.68. The van der Waals surface area contributed by atoms with Gasteiger partial charge in [0.2, 0.25) is 5.79 Å². The summed E-state index contributed by atoms with van der Waals surface area (Å²) in [5.74, 6) is 0.768. The van der Waals surface area contributed by atoms with Crippen LogP contribution in [0.15, 0.2) is 24.3 Å². The molecule has 4 saturated heterocycles. The van der Waals surface area contributed by atoms with Gasteiger partial charge in [-0.15, -0.1) is 0 Å². The van der Waals surface area contributed by atoms with Gasteiger partial charge in [-0.3, -0.25) is 0 Å². The molecule has 5 fully saturated rings. The molecular formula is C24H31F3O4. The Labute approximate surface area is 181 Å². The van der Waals surface area contributed by atoms with Gasteiger partial charge in [0.1, 0.15) is 0 Å². The van der Waals surface area contributed by atoms with Crippen LogP contribution in [-0.4, -0.2) is 24.3 Å². The van der Waals surface area contributed by atoms with Gasteiger partial charge in [-0.25, -0.2) is 9.78 Å². The van der Waals surface area contributed by atoms with E-state index in [1.54, 1.807) is 12.1 Å². The third-order valence-electron chi connectivity index (χ3n) is 8.13. The van der Waals surface area contributed by atoms with Gasteiger partial charge >= 0.3 is 6.18 Å². The SMILES string of the molecule is C[C@@H]1CC[C@H]2[C@@H](CCCc3ccc(C(F)(F)F)cc3)CO[C@@H]3O[C@]4(C)CC[C@@H]1[C@]32OO4. The molecule has 0 amide bonds. The minimum atomic E-state index is -4.29. The second-order valence-corrected chi connectivity index (χ2v) is 10.1. The zero-order valence-electron chi connectivity index (χ0n) is 18.1. The molecule has 1 spiro atoms. The summed E-state index contributed by atoms with van der Waals surface area (Å²) < 4.78 is 50.9. The Morgan fingerprint density at radius 3 is 2.55 bits per heavy atom. The first-order valence-corrected chi connectivity index (χ1v) is 11.5. The van der Waals surface area contributed by atoms with Crippen LogP contribution in [0.25, 0.3) is 0 Å². The Morgan fingerprint density at radius 2 is 1.81 bits per heavy atom. The summed E-state index contributed by atoms with van der Waals surface area (Å²) >= 11 is 0. The Bertz CT molecular complexity index is 797. The molecule has 1 aromatic rings. The lowest BCUT2D eigenvalue weighted by molar-refractivity contribution is -0.567. The molecule has 6 rings (SSSR count). The van der Waals surface area contributed by atoms with Crippen LogP contribution in [0.4, 0.5) is 13.2 Å². The van der Waals surface area contributed by atoms with E-state index in [9.17, 15) is 13.2 Å². The molecule has 0 aromatic heterocycles. The third-order valence-corrected chi connectivity index (χ3v) is 8.13. The number of hydrogen-bond donors (Lipinski definition) is 0. The lowest BCUT2D eigenvalue weighted by Gasteiger charge is -2.59. The predicted octanol–water partition coefficient (Wildman–Crippen LogP) is 5.89. The third kappa shape index (κ3) is 3.71. The quantitative estimate of drug-likeness (QED) is 0.547. The number of fused-ring (bicyclic) bond motifs is 2. The van der Waals surface area contributed by atoms with E-state index in [0.29, 0.717) is 30.3 Å². The van der Waals surface area contributed by atoms with E-state index in [1.165, 1.54) is 18.6 Å². The summed E-state index contributed by atoms with van der Waals surface area (Å²) in [6, 6.07) is 5.52. The number of hydrogen-bond acceptors (Lipinski definition) is 4. The van der Waals surface area contributed by atoms with Gasteiger partial charge in [-0.2, -0.15) is 13.2 Å². The fraction of sp³-hybridized carbons (Fsp3) is 0.750. The standard InChI is InChI=1S/C24H31F3O4/c1-15-6-11-20-17(5-3-4-16-7-9-18(10-8-16)24(25,26)27)14-28-21-23(20)19(15)12-13-22(2,29-21)30-31-23/h7-10,15,17,19-21H,3-6,11-14H2,1-2H3/t15-,17+,19+,20+,21-,22+,23-/m1/s1. The van der Waals surface area contributed by atoms with Crippen LogP contribution in [0, 0.1) is 23.7 Å². The van der Waals surface area contributed by atoms with E-state index < -0.39 is 29.4 Å². The van der Waals surface area contributed by atoms with Crippen molar-refractivity contribution in [3.63, 3.8) is 0 Å². The molecule has 4 aliphatic heterocycles. The second kappa shape index (κ2) is 7.72. The second-order valence-electron chi connectivity index (χ2n) is 10.1. The number of benzene rings is 1.